The number of rotatable bonds is 5. The van der Waals surface area contributed by atoms with Crippen LogP contribution in [0.2, 0.25) is 0 Å². The van der Waals surface area contributed by atoms with Crippen LogP contribution >= 0.6 is 23.7 Å². The molecule has 1 aromatic heterocycles. The van der Waals surface area contributed by atoms with Crippen molar-refractivity contribution in [3.05, 3.63) is 51.2 Å². The smallest absolute Gasteiger partial charge is 0.265 e. The molecule has 1 aromatic carbocycles. The maximum absolute atomic E-state index is 12.5. The third-order valence-corrected chi connectivity index (χ3v) is 5.06. The molecule has 0 fully saturated rings. The highest BCUT2D eigenvalue weighted by Gasteiger charge is 2.19. The standard InChI is InChI=1S/C17H19N3O2S.ClH/c18-8-9-19-16(21)12-5-1-2-6-13(12)20-17(22)15-10-11-4-3-7-14(11)23-15;/h1-2,5-6,10H,3-4,7-9,18H2,(H,19,21)(H,20,22);1H. The number of anilines is 1. The lowest BCUT2D eigenvalue weighted by molar-refractivity contribution is 0.0955. The minimum Gasteiger partial charge on any atom is -0.351 e. The molecule has 0 aliphatic heterocycles. The first-order valence-electron chi connectivity index (χ1n) is 7.69. The van der Waals surface area contributed by atoms with Crippen molar-refractivity contribution >= 4 is 41.2 Å². The molecule has 0 atom stereocenters. The van der Waals surface area contributed by atoms with E-state index in [0.717, 1.165) is 12.8 Å². The van der Waals surface area contributed by atoms with E-state index in [1.165, 1.54) is 16.9 Å². The first-order chi connectivity index (χ1) is 11.2. The van der Waals surface area contributed by atoms with E-state index in [0.29, 0.717) is 29.2 Å². The second kappa shape index (κ2) is 8.28. The molecule has 0 unspecified atom stereocenters. The molecular weight excluding hydrogens is 346 g/mol. The van der Waals surface area contributed by atoms with Gasteiger partial charge in [0.15, 0.2) is 0 Å². The van der Waals surface area contributed by atoms with Crippen molar-refractivity contribution in [1.29, 1.82) is 0 Å². The lowest BCUT2D eigenvalue weighted by atomic mass is 10.1. The van der Waals surface area contributed by atoms with Gasteiger partial charge in [0.05, 0.1) is 16.1 Å². The first kappa shape index (κ1) is 18.4. The molecule has 5 nitrogen and oxygen atoms in total. The number of fused-ring (bicyclic) bond motifs is 1. The van der Waals surface area contributed by atoms with Crippen LogP contribution in [0.15, 0.2) is 30.3 Å². The van der Waals surface area contributed by atoms with Gasteiger partial charge in [0, 0.05) is 18.0 Å². The number of carbonyl (C=O) groups excluding carboxylic acids is 2. The minimum absolute atomic E-state index is 0. The van der Waals surface area contributed by atoms with Crippen molar-refractivity contribution in [3.63, 3.8) is 0 Å². The Kier molecular flexibility index (Phi) is 6.36. The summed E-state index contributed by atoms with van der Waals surface area (Å²) < 4.78 is 0. The molecule has 0 spiro atoms. The number of hydrogen-bond acceptors (Lipinski definition) is 4. The Balaban J connectivity index is 0.00000208. The number of nitrogens with one attached hydrogen (secondary N) is 2. The maximum atomic E-state index is 12.5. The summed E-state index contributed by atoms with van der Waals surface area (Å²) in [4.78, 5) is 26.6. The van der Waals surface area contributed by atoms with Gasteiger partial charge >= 0.3 is 0 Å². The molecule has 128 valence electrons. The first-order valence-corrected chi connectivity index (χ1v) is 8.51. The van der Waals surface area contributed by atoms with Crippen LogP contribution in [-0.4, -0.2) is 24.9 Å². The van der Waals surface area contributed by atoms with Gasteiger partial charge in [0.2, 0.25) is 0 Å². The molecule has 1 heterocycles. The number of carbonyl (C=O) groups is 2. The van der Waals surface area contributed by atoms with Gasteiger partial charge in [-0.2, -0.15) is 0 Å². The van der Waals surface area contributed by atoms with E-state index in [4.69, 9.17) is 5.73 Å². The molecule has 3 rings (SSSR count). The summed E-state index contributed by atoms with van der Waals surface area (Å²) in [5.41, 5.74) is 7.65. The summed E-state index contributed by atoms with van der Waals surface area (Å²) in [5.74, 6) is -0.400. The van der Waals surface area contributed by atoms with Gasteiger partial charge in [0.1, 0.15) is 0 Å². The van der Waals surface area contributed by atoms with Gasteiger partial charge in [-0.15, -0.1) is 23.7 Å². The predicted molar refractivity (Wildman–Crippen MR) is 99.4 cm³/mol. The normalized spacial score (nSPS) is 12.2. The molecule has 0 radical (unpaired) electrons. The summed E-state index contributed by atoms with van der Waals surface area (Å²) >= 11 is 1.55. The van der Waals surface area contributed by atoms with Gasteiger partial charge < -0.3 is 16.4 Å². The fourth-order valence-corrected chi connectivity index (χ4v) is 3.84. The van der Waals surface area contributed by atoms with Crippen molar-refractivity contribution in [1.82, 2.24) is 5.32 Å². The predicted octanol–water partition coefficient (Wildman–Crippen LogP) is 2.60. The minimum atomic E-state index is -0.236. The summed E-state index contributed by atoms with van der Waals surface area (Å²) in [6.45, 7) is 0.778. The van der Waals surface area contributed by atoms with E-state index in [1.807, 2.05) is 6.07 Å². The molecule has 24 heavy (non-hydrogen) atoms. The Morgan fingerprint density at radius 3 is 2.71 bits per heavy atom. The summed E-state index contributed by atoms with van der Waals surface area (Å²) in [6.07, 6.45) is 3.29. The highest BCUT2D eigenvalue weighted by molar-refractivity contribution is 7.14. The summed E-state index contributed by atoms with van der Waals surface area (Å²) in [6, 6.07) is 8.96. The van der Waals surface area contributed by atoms with Crippen molar-refractivity contribution in [2.24, 2.45) is 5.73 Å². The van der Waals surface area contributed by atoms with Crippen molar-refractivity contribution in [2.45, 2.75) is 19.3 Å². The molecule has 1 aliphatic carbocycles. The largest absolute Gasteiger partial charge is 0.351 e. The number of amides is 2. The van der Waals surface area contributed by atoms with E-state index in [2.05, 4.69) is 10.6 Å². The Labute approximate surface area is 151 Å². The van der Waals surface area contributed by atoms with Crippen LogP contribution in [0.3, 0.4) is 0 Å². The number of nitrogens with two attached hydrogens (primary N) is 1. The number of benzene rings is 1. The molecule has 2 amide bonds. The zero-order valence-corrected chi connectivity index (χ0v) is 14.8. The van der Waals surface area contributed by atoms with Gasteiger partial charge in [-0.05, 0) is 43.0 Å². The Morgan fingerprint density at radius 2 is 1.96 bits per heavy atom. The highest BCUT2D eigenvalue weighted by atomic mass is 35.5. The Hall–Kier alpha value is -1.89. The third-order valence-electron chi connectivity index (χ3n) is 3.82. The zero-order chi connectivity index (χ0) is 16.2. The van der Waals surface area contributed by atoms with Crippen molar-refractivity contribution < 1.29 is 9.59 Å². The zero-order valence-electron chi connectivity index (χ0n) is 13.1. The lowest BCUT2D eigenvalue weighted by Crippen LogP contribution is -2.29. The second-order valence-corrected chi connectivity index (χ2v) is 6.59. The van der Waals surface area contributed by atoms with Crippen molar-refractivity contribution in [2.75, 3.05) is 18.4 Å². The molecule has 0 bridgehead atoms. The fourth-order valence-electron chi connectivity index (χ4n) is 2.70. The molecule has 2 aromatic rings. The Morgan fingerprint density at radius 1 is 1.17 bits per heavy atom. The van der Waals surface area contributed by atoms with E-state index >= 15 is 0 Å². The topological polar surface area (TPSA) is 84.2 Å². The lowest BCUT2D eigenvalue weighted by Gasteiger charge is -2.10. The quantitative estimate of drug-likeness (QED) is 0.761. The maximum Gasteiger partial charge on any atom is 0.265 e. The molecule has 0 saturated carbocycles. The Bertz CT molecular complexity index is 724. The SMILES string of the molecule is Cl.NCCNC(=O)c1ccccc1NC(=O)c1cc2c(s1)CCC2. The summed E-state index contributed by atoms with van der Waals surface area (Å²) in [7, 11) is 0. The van der Waals surface area contributed by atoms with Gasteiger partial charge in [-0.25, -0.2) is 0 Å². The molecule has 1 aliphatic rings. The van der Waals surface area contributed by atoms with Crippen LogP contribution in [0.25, 0.3) is 0 Å². The second-order valence-electron chi connectivity index (χ2n) is 5.46. The van der Waals surface area contributed by atoms with E-state index in [9.17, 15) is 9.59 Å². The molecule has 0 saturated heterocycles. The number of thiophene rings is 1. The van der Waals surface area contributed by atoms with Crippen LogP contribution in [0.1, 0.15) is 36.9 Å². The van der Waals surface area contributed by atoms with Gasteiger partial charge in [-0.3, -0.25) is 9.59 Å². The third kappa shape index (κ3) is 3.95. The number of halogens is 1. The fraction of sp³-hybridized carbons (Fsp3) is 0.294. The van der Waals surface area contributed by atoms with Crippen LogP contribution in [0.4, 0.5) is 5.69 Å². The van der Waals surface area contributed by atoms with E-state index in [-0.39, 0.29) is 24.2 Å². The number of para-hydroxylation sites is 1. The van der Waals surface area contributed by atoms with Crippen LogP contribution < -0.4 is 16.4 Å². The van der Waals surface area contributed by atoms with Gasteiger partial charge in [0.25, 0.3) is 11.8 Å². The average molecular weight is 366 g/mol. The highest BCUT2D eigenvalue weighted by Crippen LogP contribution is 2.31. The monoisotopic (exact) mass is 365 g/mol. The van der Waals surface area contributed by atoms with Crippen LogP contribution in [0, 0.1) is 0 Å². The molecule has 7 heteroatoms. The van der Waals surface area contributed by atoms with E-state index in [1.54, 1.807) is 35.6 Å². The van der Waals surface area contributed by atoms with Crippen molar-refractivity contribution in [3.8, 4) is 0 Å². The summed E-state index contributed by atoms with van der Waals surface area (Å²) in [5, 5.41) is 5.57. The van der Waals surface area contributed by atoms with E-state index < -0.39 is 0 Å². The number of hydrogen-bond donors (Lipinski definition) is 3. The molecule has 4 N–H and O–H groups in total. The molecular formula is C17H20ClN3O2S. The van der Waals surface area contributed by atoms with Crippen LogP contribution in [-0.2, 0) is 12.8 Å². The van der Waals surface area contributed by atoms with Gasteiger partial charge in [-0.1, -0.05) is 12.1 Å². The van der Waals surface area contributed by atoms with Crippen LogP contribution in [0.5, 0.6) is 0 Å². The average Bonchev–Trinajstić information content (AvgIpc) is 3.14. The number of aryl methyl sites for hydroxylation is 2.